The third-order valence-corrected chi connectivity index (χ3v) is 8.54. The molecule has 3 atom stereocenters. The number of aromatic nitrogens is 2. The molecule has 0 unspecified atom stereocenters. The zero-order valence-corrected chi connectivity index (χ0v) is 20.5. The average Bonchev–Trinajstić information content (AvgIpc) is 3.38. The largest absolute Gasteiger partial charge is 0.497 e. The summed E-state index contributed by atoms with van der Waals surface area (Å²) < 4.78 is 6.50. The molecule has 0 bridgehead atoms. The van der Waals surface area contributed by atoms with Crippen LogP contribution in [-0.4, -0.2) is 64.3 Å². The van der Waals surface area contributed by atoms with Crippen molar-refractivity contribution in [3.05, 3.63) is 47.6 Å². The number of benzene rings is 1. The molecule has 3 aromatic rings. The third kappa shape index (κ3) is 6.23. The van der Waals surface area contributed by atoms with E-state index in [1.54, 1.807) is 36.4 Å². The van der Waals surface area contributed by atoms with Crippen LogP contribution in [-0.2, 0) is 0 Å². The minimum absolute atomic E-state index is 0.199. The first-order valence-corrected chi connectivity index (χ1v) is 13.3. The summed E-state index contributed by atoms with van der Waals surface area (Å²) >= 11 is 3.48. The molecule has 0 amide bonds. The summed E-state index contributed by atoms with van der Waals surface area (Å²) in [5.41, 5.74) is 4.41. The number of nitrogens with one attached hydrogen (secondary N) is 1. The van der Waals surface area contributed by atoms with Gasteiger partial charge in [-0.05, 0) is 67.5 Å². The first kappa shape index (κ1) is 24.4. The molecule has 1 aromatic carbocycles. The second-order valence-corrected chi connectivity index (χ2v) is 10.7. The molecule has 1 aliphatic heterocycles. The van der Waals surface area contributed by atoms with E-state index < -0.39 is 0 Å². The van der Waals surface area contributed by atoms with Gasteiger partial charge in [-0.25, -0.2) is 4.98 Å². The fraction of sp³-hybridized carbons (Fsp3) is 0.500. The second-order valence-electron chi connectivity index (χ2n) is 8.48. The van der Waals surface area contributed by atoms with E-state index in [2.05, 4.69) is 20.3 Å². The van der Waals surface area contributed by atoms with Crippen LogP contribution in [0.3, 0.4) is 0 Å². The van der Waals surface area contributed by atoms with Gasteiger partial charge in [0.05, 0.1) is 18.7 Å². The Morgan fingerprint density at radius 3 is 2.94 bits per heavy atom. The molecule has 7 nitrogen and oxygen atoms in total. The number of thiazole rings is 1. The van der Waals surface area contributed by atoms with Crippen LogP contribution in [0, 0.1) is 11.8 Å². The van der Waals surface area contributed by atoms with Gasteiger partial charge in [0.15, 0.2) is 0 Å². The predicted molar refractivity (Wildman–Crippen MR) is 133 cm³/mol. The number of likely N-dealkylation sites (tertiary alicyclic amines) is 1. The molecule has 4 rings (SSSR count). The van der Waals surface area contributed by atoms with E-state index >= 15 is 0 Å². The highest BCUT2D eigenvalue weighted by atomic mass is 32.2. The maximum Gasteiger partial charge on any atom is 0.149 e. The Morgan fingerprint density at radius 2 is 2.18 bits per heavy atom. The van der Waals surface area contributed by atoms with E-state index in [0.717, 1.165) is 71.2 Å². The van der Waals surface area contributed by atoms with Crippen LogP contribution < -0.4 is 10.2 Å². The van der Waals surface area contributed by atoms with Crippen molar-refractivity contribution in [2.24, 2.45) is 11.8 Å². The van der Waals surface area contributed by atoms with Gasteiger partial charge < -0.3 is 20.0 Å². The lowest BCUT2D eigenvalue weighted by molar-refractivity contribution is 0.0626. The number of hydrogen-bond donors (Lipinski definition) is 3. The highest BCUT2D eigenvalue weighted by Gasteiger charge is 2.29. The molecule has 0 spiro atoms. The Labute approximate surface area is 203 Å². The number of nitrogens with zero attached hydrogens (tertiary/aromatic N) is 3. The van der Waals surface area contributed by atoms with Gasteiger partial charge in [0.1, 0.15) is 10.1 Å². The molecule has 3 heterocycles. The fourth-order valence-electron chi connectivity index (χ4n) is 4.74. The average molecular weight is 489 g/mol. The Bertz CT molecular complexity index is 1000. The van der Waals surface area contributed by atoms with Crippen molar-refractivity contribution < 1.29 is 15.1 Å². The first-order valence-electron chi connectivity index (χ1n) is 11.4. The van der Waals surface area contributed by atoms with Crippen LogP contribution in [0.1, 0.15) is 30.9 Å². The van der Waals surface area contributed by atoms with Gasteiger partial charge >= 0.3 is 0 Å². The summed E-state index contributed by atoms with van der Waals surface area (Å²) in [5, 5.41) is 23.0. The van der Waals surface area contributed by atoms with E-state index in [-0.39, 0.29) is 18.6 Å². The summed E-state index contributed by atoms with van der Waals surface area (Å²) in [6.07, 6.45) is 6.43. The van der Waals surface area contributed by atoms with E-state index in [1.165, 1.54) is 0 Å². The number of aliphatic hydroxyl groups excluding tert-OH is 1. The quantitative estimate of drug-likeness (QED) is 0.273. The smallest absolute Gasteiger partial charge is 0.149 e. The summed E-state index contributed by atoms with van der Waals surface area (Å²) in [6.45, 7) is 3.19. The number of methoxy groups -OCH3 is 1. The van der Waals surface area contributed by atoms with Gasteiger partial charge in [-0.2, -0.15) is 5.48 Å². The van der Waals surface area contributed by atoms with Crippen LogP contribution in [0.2, 0.25) is 0 Å². The lowest BCUT2D eigenvalue weighted by Crippen LogP contribution is -2.43. The van der Waals surface area contributed by atoms with E-state index in [9.17, 15) is 10.3 Å². The summed E-state index contributed by atoms with van der Waals surface area (Å²) in [4.78, 5) is 11.2. The molecule has 1 saturated heterocycles. The monoisotopic (exact) mass is 488 g/mol. The number of thioether (sulfide) groups is 1. The molecular weight excluding hydrogens is 456 g/mol. The number of fused-ring (bicyclic) bond motifs is 1. The number of ether oxygens (including phenoxy) is 1. The number of hydroxylamine groups is 1. The normalized spacial score (nSPS) is 20.2. The number of piperidine rings is 1. The molecule has 3 N–H and O–H groups in total. The highest BCUT2D eigenvalue weighted by Crippen LogP contribution is 2.33. The number of aliphatic hydroxyl groups is 1. The van der Waals surface area contributed by atoms with Crippen LogP contribution >= 0.6 is 23.1 Å². The molecule has 2 aromatic heterocycles. The van der Waals surface area contributed by atoms with Crippen LogP contribution in [0.25, 0.3) is 10.9 Å². The molecule has 9 heteroatoms. The SMILES string of the molecule is COc1ccc2nccc([C@@H](CC[C@@H]3CCN(CCSc4nccs4)C[C@@H]3CO)NO)c2c1. The Balaban J connectivity index is 1.34. The van der Waals surface area contributed by atoms with Gasteiger partial charge in [0.2, 0.25) is 0 Å². The lowest BCUT2D eigenvalue weighted by atomic mass is 9.81. The van der Waals surface area contributed by atoms with Gasteiger partial charge in [0, 0.05) is 48.6 Å². The zero-order chi connectivity index (χ0) is 23.0. The third-order valence-electron chi connectivity index (χ3n) is 6.59. The topological polar surface area (TPSA) is 90.7 Å². The number of pyridine rings is 1. The molecule has 1 fully saturated rings. The number of hydrogen-bond acceptors (Lipinski definition) is 9. The Morgan fingerprint density at radius 1 is 1.27 bits per heavy atom. The van der Waals surface area contributed by atoms with Gasteiger partial charge in [-0.1, -0.05) is 11.8 Å². The summed E-state index contributed by atoms with van der Waals surface area (Å²) in [6, 6.07) is 7.57. The van der Waals surface area contributed by atoms with E-state index in [4.69, 9.17) is 4.74 Å². The van der Waals surface area contributed by atoms with Crippen molar-refractivity contribution in [1.82, 2.24) is 20.3 Å². The van der Waals surface area contributed by atoms with Crippen molar-refractivity contribution in [3.8, 4) is 5.75 Å². The molecule has 178 valence electrons. The van der Waals surface area contributed by atoms with Gasteiger partial charge in [-0.15, -0.1) is 11.3 Å². The standard InChI is InChI=1S/C24H32N4O3S2/c1-31-19-3-5-22-21(14-19)20(6-8-25-22)23(27-30)4-2-17-7-10-28(15-18(17)16-29)11-13-33-24-26-9-12-32-24/h3,5-6,8-9,12,14,17-18,23,27,29-30H,2,4,7,10-11,13,15-16H2,1H3/t17-,18-,23-/m1/s1. The molecule has 33 heavy (non-hydrogen) atoms. The van der Waals surface area contributed by atoms with Crippen molar-refractivity contribution in [1.29, 1.82) is 0 Å². The molecule has 0 aliphatic carbocycles. The van der Waals surface area contributed by atoms with Crippen molar-refractivity contribution >= 4 is 34.0 Å². The Hall–Kier alpha value is -1.75. The molecule has 1 aliphatic rings. The maximum atomic E-state index is 10.1. The van der Waals surface area contributed by atoms with Crippen molar-refractivity contribution in [2.75, 3.05) is 39.1 Å². The van der Waals surface area contributed by atoms with Crippen LogP contribution in [0.4, 0.5) is 0 Å². The van der Waals surface area contributed by atoms with Crippen LogP contribution in [0.5, 0.6) is 5.75 Å². The minimum atomic E-state index is -0.199. The maximum absolute atomic E-state index is 10.1. The summed E-state index contributed by atoms with van der Waals surface area (Å²) in [5.74, 6) is 2.49. The first-order chi connectivity index (χ1) is 16.2. The lowest BCUT2D eigenvalue weighted by Gasteiger charge is -2.38. The Kier molecular flexibility index (Phi) is 8.94. The molecular formula is C24H32N4O3S2. The predicted octanol–water partition coefficient (Wildman–Crippen LogP) is 4.22. The fourth-order valence-corrected chi connectivity index (χ4v) is 6.45. The van der Waals surface area contributed by atoms with Crippen LogP contribution in [0.15, 0.2) is 46.4 Å². The van der Waals surface area contributed by atoms with E-state index in [0.29, 0.717) is 5.92 Å². The minimum Gasteiger partial charge on any atom is -0.497 e. The van der Waals surface area contributed by atoms with Gasteiger partial charge in [0.25, 0.3) is 0 Å². The summed E-state index contributed by atoms with van der Waals surface area (Å²) in [7, 11) is 1.65. The van der Waals surface area contributed by atoms with Gasteiger partial charge in [-0.3, -0.25) is 4.98 Å². The zero-order valence-electron chi connectivity index (χ0n) is 18.9. The second kappa shape index (κ2) is 12.1. The van der Waals surface area contributed by atoms with E-state index in [1.807, 2.05) is 35.8 Å². The molecule has 0 radical (unpaired) electrons. The van der Waals surface area contributed by atoms with Crippen molar-refractivity contribution in [3.63, 3.8) is 0 Å². The molecule has 0 saturated carbocycles. The van der Waals surface area contributed by atoms with Crippen molar-refractivity contribution in [2.45, 2.75) is 29.6 Å². The highest BCUT2D eigenvalue weighted by molar-refractivity contribution is 8.01. The number of rotatable bonds is 11.